The Bertz CT molecular complexity index is 814. The molecule has 0 unspecified atom stereocenters. The molecule has 1 heterocycles. The molecule has 1 fully saturated rings. The number of rotatable bonds is 11. The zero-order valence-electron chi connectivity index (χ0n) is 20.4. The minimum atomic E-state index is -2.48. The molecule has 0 amide bonds. The van der Waals surface area contributed by atoms with Gasteiger partial charge in [0.2, 0.25) is 0 Å². The molecule has 3 rings (SSSR count). The summed E-state index contributed by atoms with van der Waals surface area (Å²) in [6.45, 7) is 12.9. The smallest absolute Gasteiger partial charge is 0.261 e. The fourth-order valence-corrected chi connectivity index (χ4v) is 9.35. The average Bonchev–Trinajstić information content (AvgIpc) is 3.57. The van der Waals surface area contributed by atoms with Gasteiger partial charge in [-0.25, -0.2) is 0 Å². The summed E-state index contributed by atoms with van der Waals surface area (Å²) in [5, 5.41) is 12.8. The Balaban J connectivity index is 1.74. The second-order valence-electron chi connectivity index (χ2n) is 10.4. The number of benzene rings is 2. The zero-order chi connectivity index (χ0) is 23.2. The summed E-state index contributed by atoms with van der Waals surface area (Å²) in [6.07, 6.45) is 4.58. The summed E-state index contributed by atoms with van der Waals surface area (Å²) in [7, 11) is -2.48. The van der Waals surface area contributed by atoms with Crippen molar-refractivity contribution in [2.45, 2.75) is 71.1 Å². The van der Waals surface area contributed by atoms with Crippen molar-refractivity contribution in [1.82, 2.24) is 0 Å². The van der Waals surface area contributed by atoms with Crippen LogP contribution in [-0.4, -0.2) is 38.8 Å². The first-order chi connectivity index (χ1) is 15.2. The molecule has 1 aliphatic heterocycles. The number of allylic oxidation sites excluding steroid dienone is 1. The van der Waals surface area contributed by atoms with Gasteiger partial charge < -0.3 is 14.3 Å². The number of epoxide rings is 1. The minimum Gasteiger partial charge on any atom is -0.407 e. The second-order valence-corrected chi connectivity index (χ2v) is 14.7. The Morgan fingerprint density at radius 2 is 1.62 bits per heavy atom. The molecule has 3 atom stereocenters. The van der Waals surface area contributed by atoms with E-state index in [0.29, 0.717) is 12.3 Å². The molecule has 2 aromatic rings. The Labute approximate surface area is 195 Å². The standard InChI is InChI=1S/C28H40O3Si/c1-22(16-17-24(29)19-25-21-30-25)18-23(2)20-31-32(28(3,4)5,26-12-8-6-9-13-26)27-14-10-7-11-15-27/h6-16,23-25,29H,17-21H2,1-5H3/b22-16+/t23-,24-,25+/m1/s1. The van der Waals surface area contributed by atoms with Crippen molar-refractivity contribution in [2.24, 2.45) is 5.92 Å². The maximum atomic E-state index is 10.2. The van der Waals surface area contributed by atoms with Gasteiger partial charge in [-0.1, -0.05) is 100 Å². The monoisotopic (exact) mass is 452 g/mol. The highest BCUT2D eigenvalue weighted by molar-refractivity contribution is 6.99. The number of ether oxygens (including phenoxy) is 1. The van der Waals surface area contributed by atoms with Crippen LogP contribution in [0.5, 0.6) is 0 Å². The van der Waals surface area contributed by atoms with Crippen molar-refractivity contribution >= 4 is 18.7 Å². The van der Waals surface area contributed by atoms with E-state index in [1.165, 1.54) is 15.9 Å². The van der Waals surface area contributed by atoms with Gasteiger partial charge >= 0.3 is 0 Å². The van der Waals surface area contributed by atoms with Gasteiger partial charge in [-0.05, 0) is 41.1 Å². The van der Waals surface area contributed by atoms with E-state index in [-0.39, 0.29) is 17.2 Å². The fraction of sp³-hybridized carbons (Fsp3) is 0.500. The fourth-order valence-electron chi connectivity index (χ4n) is 4.66. The van der Waals surface area contributed by atoms with Crippen LogP contribution in [-0.2, 0) is 9.16 Å². The number of hydrogen-bond acceptors (Lipinski definition) is 3. The van der Waals surface area contributed by atoms with Gasteiger partial charge in [-0.2, -0.15) is 0 Å². The number of aliphatic hydroxyl groups excluding tert-OH is 1. The Morgan fingerprint density at radius 1 is 1.09 bits per heavy atom. The SMILES string of the molecule is C/C(=C\C[C@@H](O)C[C@H]1CO1)C[C@@H](C)CO[Si](c1ccccc1)(c1ccccc1)C(C)(C)C. The summed E-state index contributed by atoms with van der Waals surface area (Å²) in [4.78, 5) is 0. The molecule has 0 radical (unpaired) electrons. The van der Waals surface area contributed by atoms with E-state index >= 15 is 0 Å². The summed E-state index contributed by atoms with van der Waals surface area (Å²) in [5.41, 5.74) is 1.32. The van der Waals surface area contributed by atoms with E-state index < -0.39 is 8.32 Å². The third-order valence-electron chi connectivity index (χ3n) is 6.35. The molecule has 1 aliphatic rings. The van der Waals surface area contributed by atoms with Gasteiger partial charge in [0.05, 0.1) is 18.8 Å². The molecule has 0 spiro atoms. The summed E-state index contributed by atoms with van der Waals surface area (Å²) < 4.78 is 12.3. The van der Waals surface area contributed by atoms with Gasteiger partial charge in [-0.15, -0.1) is 0 Å². The summed E-state index contributed by atoms with van der Waals surface area (Å²) in [5.74, 6) is 0.400. The molecule has 0 saturated carbocycles. The second kappa shape index (κ2) is 10.9. The van der Waals surface area contributed by atoms with Crippen LogP contribution in [0.4, 0.5) is 0 Å². The van der Waals surface area contributed by atoms with Crippen LogP contribution >= 0.6 is 0 Å². The van der Waals surface area contributed by atoms with Crippen LogP contribution in [0, 0.1) is 5.92 Å². The van der Waals surface area contributed by atoms with E-state index in [1.54, 1.807) is 0 Å². The molecular weight excluding hydrogens is 412 g/mol. The first-order valence-corrected chi connectivity index (χ1v) is 13.8. The highest BCUT2D eigenvalue weighted by Crippen LogP contribution is 2.37. The van der Waals surface area contributed by atoms with Crippen LogP contribution in [0.3, 0.4) is 0 Å². The Kier molecular flexibility index (Phi) is 8.51. The highest BCUT2D eigenvalue weighted by Gasteiger charge is 2.50. The predicted octanol–water partition coefficient (Wildman–Crippen LogP) is 5.08. The molecule has 4 heteroatoms. The third-order valence-corrected chi connectivity index (χ3v) is 11.4. The quantitative estimate of drug-likeness (QED) is 0.294. The van der Waals surface area contributed by atoms with Crippen molar-refractivity contribution < 1.29 is 14.3 Å². The zero-order valence-corrected chi connectivity index (χ0v) is 21.4. The lowest BCUT2D eigenvalue weighted by atomic mass is 10.0. The van der Waals surface area contributed by atoms with Gasteiger partial charge in [-0.3, -0.25) is 0 Å². The lowest BCUT2D eigenvalue weighted by molar-refractivity contribution is 0.154. The van der Waals surface area contributed by atoms with E-state index in [9.17, 15) is 5.11 Å². The lowest BCUT2D eigenvalue weighted by Gasteiger charge is -2.43. The largest absolute Gasteiger partial charge is 0.407 e. The summed E-state index contributed by atoms with van der Waals surface area (Å²) >= 11 is 0. The van der Waals surface area contributed by atoms with Gasteiger partial charge in [0.25, 0.3) is 8.32 Å². The maximum Gasteiger partial charge on any atom is 0.261 e. The molecule has 2 aromatic carbocycles. The summed E-state index contributed by atoms with van der Waals surface area (Å²) in [6, 6.07) is 21.6. The number of aliphatic hydroxyl groups is 1. The van der Waals surface area contributed by atoms with Crippen LogP contribution in [0.15, 0.2) is 72.3 Å². The van der Waals surface area contributed by atoms with Gasteiger partial charge in [0, 0.05) is 13.0 Å². The average molecular weight is 453 g/mol. The van der Waals surface area contributed by atoms with Crippen molar-refractivity contribution in [3.05, 3.63) is 72.3 Å². The molecule has 0 aliphatic carbocycles. The van der Waals surface area contributed by atoms with Gasteiger partial charge in [0.1, 0.15) is 0 Å². The molecule has 0 bridgehead atoms. The normalized spacial score (nSPS) is 18.9. The van der Waals surface area contributed by atoms with Crippen molar-refractivity contribution in [2.75, 3.05) is 13.2 Å². The lowest BCUT2D eigenvalue weighted by Crippen LogP contribution is -2.66. The molecule has 3 nitrogen and oxygen atoms in total. The highest BCUT2D eigenvalue weighted by atomic mass is 28.4. The van der Waals surface area contributed by atoms with Crippen LogP contribution in [0.1, 0.15) is 53.9 Å². The minimum absolute atomic E-state index is 0.00466. The Hall–Kier alpha value is -1.72. The topological polar surface area (TPSA) is 42.0 Å². The van der Waals surface area contributed by atoms with E-state index in [1.807, 2.05) is 0 Å². The predicted molar refractivity (Wildman–Crippen MR) is 136 cm³/mol. The Morgan fingerprint density at radius 3 is 2.09 bits per heavy atom. The van der Waals surface area contributed by atoms with Crippen LogP contribution in [0.2, 0.25) is 5.04 Å². The van der Waals surface area contributed by atoms with Crippen LogP contribution in [0.25, 0.3) is 0 Å². The molecule has 1 saturated heterocycles. The number of hydrogen-bond donors (Lipinski definition) is 1. The third kappa shape index (κ3) is 6.41. The maximum absolute atomic E-state index is 10.2. The first kappa shape index (κ1) is 24.9. The van der Waals surface area contributed by atoms with Gasteiger partial charge in [0.15, 0.2) is 0 Å². The van der Waals surface area contributed by atoms with Crippen LogP contribution < -0.4 is 10.4 Å². The first-order valence-electron chi connectivity index (χ1n) is 11.9. The molecule has 32 heavy (non-hydrogen) atoms. The van der Waals surface area contributed by atoms with E-state index in [0.717, 1.165) is 26.1 Å². The van der Waals surface area contributed by atoms with Crippen molar-refractivity contribution in [3.63, 3.8) is 0 Å². The van der Waals surface area contributed by atoms with E-state index in [4.69, 9.17) is 9.16 Å². The molecule has 1 N–H and O–H groups in total. The molecule has 174 valence electrons. The molecule has 0 aromatic heterocycles. The van der Waals surface area contributed by atoms with Crippen molar-refractivity contribution in [1.29, 1.82) is 0 Å². The van der Waals surface area contributed by atoms with Crippen molar-refractivity contribution in [3.8, 4) is 0 Å². The molecular formula is C28H40O3Si. The van der Waals surface area contributed by atoms with E-state index in [2.05, 4.69) is 101 Å².